The average Bonchev–Trinajstić information content (AvgIpc) is 2.80. The molecule has 4 rings (SSSR count). The van der Waals surface area contributed by atoms with E-state index in [4.69, 9.17) is 0 Å². The highest BCUT2D eigenvalue weighted by Gasteiger charge is 2.41. The van der Waals surface area contributed by atoms with Gasteiger partial charge in [-0.25, -0.2) is 0 Å². The molecule has 2 bridgehead atoms. The monoisotopic (exact) mass is 335 g/mol. The molecule has 3 heterocycles. The summed E-state index contributed by atoms with van der Waals surface area (Å²) in [6.45, 7) is 7.96. The van der Waals surface area contributed by atoms with Crippen LogP contribution in [0, 0.1) is 5.92 Å². The second-order valence-electron chi connectivity index (χ2n) is 9.39. The number of rotatable bonds is 3. The van der Waals surface area contributed by atoms with Crippen LogP contribution < -0.4 is 0 Å². The van der Waals surface area contributed by atoms with Crippen molar-refractivity contribution in [2.45, 2.75) is 82.0 Å². The lowest BCUT2D eigenvalue weighted by Gasteiger charge is -2.46. The number of β-amino-alcohol motifs (C(OH)–C–C–N with tert-alkyl or cyclic N) is 1. The fourth-order valence-electron chi connectivity index (χ4n) is 5.84. The van der Waals surface area contributed by atoms with Gasteiger partial charge in [0, 0.05) is 50.8 Å². The minimum Gasteiger partial charge on any atom is -0.389 e. The fraction of sp³-hybridized carbons (Fsp3) is 1.00. The van der Waals surface area contributed by atoms with E-state index in [9.17, 15) is 5.11 Å². The van der Waals surface area contributed by atoms with Crippen LogP contribution in [0.5, 0.6) is 0 Å². The van der Waals surface area contributed by atoms with E-state index in [-0.39, 0.29) is 0 Å². The van der Waals surface area contributed by atoms with Gasteiger partial charge in [-0.15, -0.1) is 0 Å². The molecule has 4 aliphatic rings. The molecule has 4 nitrogen and oxygen atoms in total. The molecule has 0 aromatic heterocycles. The molecule has 0 amide bonds. The smallest absolute Gasteiger partial charge is 0.0774 e. The summed E-state index contributed by atoms with van der Waals surface area (Å²) in [5.41, 5.74) is -0.401. The van der Waals surface area contributed by atoms with Crippen LogP contribution in [0.1, 0.15) is 58.3 Å². The summed E-state index contributed by atoms with van der Waals surface area (Å²) in [6, 6.07) is 2.51. The van der Waals surface area contributed by atoms with Gasteiger partial charge in [0.05, 0.1) is 5.60 Å². The lowest BCUT2D eigenvalue weighted by molar-refractivity contribution is -0.0486. The van der Waals surface area contributed by atoms with Gasteiger partial charge in [0.1, 0.15) is 0 Å². The zero-order chi connectivity index (χ0) is 16.7. The van der Waals surface area contributed by atoms with Crippen LogP contribution in [-0.2, 0) is 0 Å². The molecule has 3 saturated heterocycles. The number of aliphatic hydroxyl groups is 1. The van der Waals surface area contributed by atoms with Crippen LogP contribution in [0.2, 0.25) is 0 Å². The van der Waals surface area contributed by atoms with E-state index in [1.165, 1.54) is 51.6 Å². The Balaban J connectivity index is 1.25. The summed E-state index contributed by atoms with van der Waals surface area (Å²) in [5.74, 6) is 0.807. The van der Waals surface area contributed by atoms with Crippen molar-refractivity contribution < 1.29 is 5.11 Å². The van der Waals surface area contributed by atoms with Crippen LogP contribution >= 0.6 is 0 Å². The van der Waals surface area contributed by atoms with Gasteiger partial charge in [-0.3, -0.25) is 9.80 Å². The van der Waals surface area contributed by atoms with E-state index >= 15 is 0 Å². The first kappa shape index (κ1) is 17.3. The van der Waals surface area contributed by atoms with Gasteiger partial charge in [-0.1, -0.05) is 6.92 Å². The molecule has 2 atom stereocenters. The Hall–Kier alpha value is -0.160. The van der Waals surface area contributed by atoms with Crippen LogP contribution in [0.25, 0.3) is 0 Å². The Bertz CT molecular complexity index is 413. The molecule has 1 N–H and O–H groups in total. The van der Waals surface area contributed by atoms with E-state index in [0.717, 1.165) is 56.5 Å². The van der Waals surface area contributed by atoms with Crippen molar-refractivity contribution >= 4 is 0 Å². The summed E-state index contributed by atoms with van der Waals surface area (Å²) in [4.78, 5) is 7.95. The van der Waals surface area contributed by atoms with Gasteiger partial charge >= 0.3 is 0 Å². The third-order valence-electron chi connectivity index (χ3n) is 7.72. The molecule has 4 heteroatoms. The first-order valence-corrected chi connectivity index (χ1v) is 10.4. The number of hydrogen-bond acceptors (Lipinski definition) is 4. The minimum atomic E-state index is -0.401. The van der Waals surface area contributed by atoms with Crippen molar-refractivity contribution in [2.75, 3.05) is 39.8 Å². The van der Waals surface area contributed by atoms with E-state index in [1.807, 2.05) is 0 Å². The number of nitrogens with zero attached hydrogens (tertiary/aromatic N) is 3. The Kier molecular flexibility index (Phi) is 4.94. The van der Waals surface area contributed by atoms with Crippen LogP contribution in [0.15, 0.2) is 0 Å². The van der Waals surface area contributed by atoms with Crippen LogP contribution in [0.4, 0.5) is 0 Å². The lowest BCUT2D eigenvalue weighted by Crippen LogP contribution is -2.57. The molecule has 138 valence electrons. The van der Waals surface area contributed by atoms with Gasteiger partial charge in [-0.05, 0) is 64.3 Å². The van der Waals surface area contributed by atoms with Gasteiger partial charge in [-0.2, -0.15) is 0 Å². The predicted molar refractivity (Wildman–Crippen MR) is 98.2 cm³/mol. The lowest BCUT2D eigenvalue weighted by atomic mass is 9.79. The Morgan fingerprint density at radius 2 is 1.46 bits per heavy atom. The number of piperidine rings is 1. The van der Waals surface area contributed by atoms with E-state index < -0.39 is 5.60 Å². The minimum absolute atomic E-state index is 0.401. The van der Waals surface area contributed by atoms with Crippen molar-refractivity contribution in [3.05, 3.63) is 0 Å². The first-order valence-electron chi connectivity index (χ1n) is 10.4. The van der Waals surface area contributed by atoms with Gasteiger partial charge in [0.2, 0.25) is 0 Å². The maximum Gasteiger partial charge on any atom is 0.0774 e. The fourth-order valence-corrected chi connectivity index (χ4v) is 5.84. The van der Waals surface area contributed by atoms with Crippen molar-refractivity contribution in [1.82, 2.24) is 14.7 Å². The predicted octanol–water partition coefficient (Wildman–Crippen LogP) is 2.17. The average molecular weight is 336 g/mol. The van der Waals surface area contributed by atoms with Crippen LogP contribution in [0.3, 0.4) is 0 Å². The summed E-state index contributed by atoms with van der Waals surface area (Å²) in [5, 5.41) is 10.9. The van der Waals surface area contributed by atoms with Gasteiger partial charge < -0.3 is 10.0 Å². The topological polar surface area (TPSA) is 30.0 Å². The van der Waals surface area contributed by atoms with Crippen molar-refractivity contribution in [1.29, 1.82) is 0 Å². The van der Waals surface area contributed by atoms with Crippen molar-refractivity contribution in [3.8, 4) is 0 Å². The number of piperazine rings is 1. The molecular weight excluding hydrogens is 298 g/mol. The van der Waals surface area contributed by atoms with Gasteiger partial charge in [0.15, 0.2) is 0 Å². The summed E-state index contributed by atoms with van der Waals surface area (Å²) in [6.07, 6.45) is 10.0. The Labute approximate surface area is 148 Å². The third-order valence-corrected chi connectivity index (χ3v) is 7.72. The number of hydrogen-bond donors (Lipinski definition) is 1. The standard InChI is InChI=1S/C20H37N3O/c1-16-5-7-20(24,8-6-16)15-22-9-11-23(12-10-22)19-13-17-3-4-18(14-19)21(17)2/h16-19,24H,3-15H2,1-2H3. The van der Waals surface area contributed by atoms with Crippen LogP contribution in [-0.4, -0.2) is 83.3 Å². The van der Waals surface area contributed by atoms with Crippen molar-refractivity contribution in [2.24, 2.45) is 5.92 Å². The van der Waals surface area contributed by atoms with E-state index in [0.29, 0.717) is 0 Å². The molecular formula is C20H37N3O. The Morgan fingerprint density at radius 3 is 2.04 bits per heavy atom. The maximum atomic E-state index is 10.9. The Morgan fingerprint density at radius 1 is 0.875 bits per heavy atom. The highest BCUT2D eigenvalue weighted by molar-refractivity contribution is 4.98. The quantitative estimate of drug-likeness (QED) is 0.856. The summed E-state index contributed by atoms with van der Waals surface area (Å²) < 4.78 is 0. The van der Waals surface area contributed by atoms with Gasteiger partial charge in [0.25, 0.3) is 0 Å². The molecule has 0 aromatic rings. The largest absolute Gasteiger partial charge is 0.389 e. The third kappa shape index (κ3) is 3.53. The summed E-state index contributed by atoms with van der Waals surface area (Å²) >= 11 is 0. The molecule has 0 radical (unpaired) electrons. The molecule has 1 aliphatic carbocycles. The molecule has 0 aromatic carbocycles. The maximum absolute atomic E-state index is 10.9. The SMILES string of the molecule is CC1CCC(O)(CN2CCN(C3CC4CCC(C3)N4C)CC2)CC1. The normalized spacial score (nSPS) is 45.6. The molecule has 4 fully saturated rings. The highest BCUT2D eigenvalue weighted by atomic mass is 16.3. The van der Waals surface area contributed by atoms with Crippen molar-refractivity contribution in [3.63, 3.8) is 0 Å². The molecule has 2 unspecified atom stereocenters. The molecule has 0 spiro atoms. The van der Waals surface area contributed by atoms with E-state index in [1.54, 1.807) is 0 Å². The zero-order valence-electron chi connectivity index (χ0n) is 15.8. The molecule has 3 aliphatic heterocycles. The van der Waals surface area contributed by atoms with E-state index in [2.05, 4.69) is 28.7 Å². The molecule has 1 saturated carbocycles. The number of fused-ring (bicyclic) bond motifs is 2. The highest BCUT2D eigenvalue weighted by Crippen LogP contribution is 2.37. The second-order valence-corrected chi connectivity index (χ2v) is 9.39. The second kappa shape index (κ2) is 6.86. The zero-order valence-corrected chi connectivity index (χ0v) is 15.8. The first-order chi connectivity index (χ1) is 11.5. The molecule has 24 heavy (non-hydrogen) atoms. The summed E-state index contributed by atoms with van der Waals surface area (Å²) in [7, 11) is 2.34.